The molecule has 0 aliphatic carbocycles. The van der Waals surface area contributed by atoms with E-state index in [9.17, 15) is 14.9 Å². The van der Waals surface area contributed by atoms with Gasteiger partial charge in [0.25, 0.3) is 5.69 Å². The molecule has 3 aromatic rings. The molecular formula is C16H18N4O4S3. The summed E-state index contributed by atoms with van der Waals surface area (Å²) in [5.74, 6) is 1.32. The Bertz CT molecular complexity index is 982. The molecule has 0 amide bonds. The minimum Gasteiger partial charge on any atom is -0.408 e. The molecule has 0 saturated heterocycles. The number of aryl methyl sites for hydroxylation is 1. The van der Waals surface area contributed by atoms with Crippen LogP contribution in [0, 0.1) is 10.1 Å². The highest BCUT2D eigenvalue weighted by atomic mass is 32.2. The number of nitro benzene ring substituents is 1. The molecule has 0 radical (unpaired) electrons. The number of hydrogen-bond donors (Lipinski definition) is 0. The quantitative estimate of drug-likeness (QED) is 0.203. The van der Waals surface area contributed by atoms with Crippen LogP contribution in [0.3, 0.4) is 0 Å². The molecule has 0 aliphatic heterocycles. The van der Waals surface area contributed by atoms with E-state index in [4.69, 9.17) is 4.42 Å². The molecule has 0 unspecified atom stereocenters. The molecule has 0 fully saturated rings. The lowest BCUT2D eigenvalue weighted by molar-refractivity contribution is -0.384. The van der Waals surface area contributed by atoms with Crippen molar-refractivity contribution in [1.82, 2.24) is 14.8 Å². The summed E-state index contributed by atoms with van der Waals surface area (Å²) in [5, 5.41) is 19.3. The average Bonchev–Trinajstić information content (AvgIpc) is 3.22. The van der Waals surface area contributed by atoms with E-state index in [1.54, 1.807) is 34.9 Å². The molecule has 0 saturated carbocycles. The maximum Gasteiger partial charge on any atom is 0.419 e. The molecule has 1 aromatic carbocycles. The number of unbranched alkanes of at least 4 members (excludes halogenated alkanes) is 1. The van der Waals surface area contributed by atoms with E-state index < -0.39 is 10.7 Å². The maximum atomic E-state index is 12.0. The normalized spacial score (nSPS) is 11.3. The van der Waals surface area contributed by atoms with Crippen molar-refractivity contribution in [3.8, 4) is 0 Å². The van der Waals surface area contributed by atoms with E-state index in [0.717, 1.165) is 26.6 Å². The highest BCUT2D eigenvalue weighted by Crippen LogP contribution is 2.29. The Hall–Kier alpha value is -1.85. The second-order valence-electron chi connectivity index (χ2n) is 5.67. The Morgan fingerprint density at radius 2 is 1.93 bits per heavy atom. The number of fused-ring (bicyclic) bond motifs is 1. The van der Waals surface area contributed by atoms with Gasteiger partial charge >= 0.3 is 5.76 Å². The summed E-state index contributed by atoms with van der Waals surface area (Å²) in [6.45, 7) is 2.59. The summed E-state index contributed by atoms with van der Waals surface area (Å²) in [6.07, 6.45) is 3.04. The third kappa shape index (κ3) is 5.11. The number of rotatable bonds is 10. The summed E-state index contributed by atoms with van der Waals surface area (Å²) in [6, 6.07) is 4.16. The molecular weight excluding hydrogens is 408 g/mol. The van der Waals surface area contributed by atoms with Gasteiger partial charge < -0.3 is 4.42 Å². The summed E-state index contributed by atoms with van der Waals surface area (Å²) in [7, 11) is 0. The van der Waals surface area contributed by atoms with Crippen molar-refractivity contribution in [1.29, 1.82) is 0 Å². The molecule has 3 rings (SSSR count). The van der Waals surface area contributed by atoms with Gasteiger partial charge in [0.15, 0.2) is 14.3 Å². The van der Waals surface area contributed by atoms with Crippen LogP contribution in [0.15, 0.2) is 36.1 Å². The zero-order valence-electron chi connectivity index (χ0n) is 14.6. The van der Waals surface area contributed by atoms with Gasteiger partial charge in [0.1, 0.15) is 0 Å². The van der Waals surface area contributed by atoms with Crippen LogP contribution in [0.2, 0.25) is 0 Å². The standard InChI is InChI=1S/C16H18N4O4S3/c1-2-3-8-25-14-17-18-15(27-14)26-9-4-7-19-12-10-11(20(22)23)5-6-13(12)24-16(19)21/h5-6,10H,2-4,7-9H2,1H3. The minimum absolute atomic E-state index is 0.0617. The van der Waals surface area contributed by atoms with Gasteiger partial charge in [-0.05, 0) is 18.9 Å². The maximum absolute atomic E-state index is 12.0. The van der Waals surface area contributed by atoms with Crippen molar-refractivity contribution in [2.45, 2.75) is 41.4 Å². The second-order valence-corrected chi connectivity index (χ2v) is 9.33. The number of benzene rings is 1. The van der Waals surface area contributed by atoms with Crippen LogP contribution in [0.5, 0.6) is 0 Å². The van der Waals surface area contributed by atoms with Crippen molar-refractivity contribution in [3.63, 3.8) is 0 Å². The third-order valence-electron chi connectivity index (χ3n) is 3.72. The van der Waals surface area contributed by atoms with E-state index in [2.05, 4.69) is 17.1 Å². The van der Waals surface area contributed by atoms with Gasteiger partial charge in [-0.25, -0.2) is 4.79 Å². The third-order valence-corrected chi connectivity index (χ3v) is 7.09. The van der Waals surface area contributed by atoms with E-state index in [-0.39, 0.29) is 5.69 Å². The van der Waals surface area contributed by atoms with E-state index in [0.29, 0.717) is 24.1 Å². The SMILES string of the molecule is CCCCSc1nnc(SCCCn2c(=O)oc3ccc([N+](=O)[O-])cc32)s1. The first-order chi connectivity index (χ1) is 13.1. The number of thioether (sulfide) groups is 2. The smallest absolute Gasteiger partial charge is 0.408 e. The Morgan fingerprint density at radius 3 is 2.59 bits per heavy atom. The molecule has 2 heterocycles. The summed E-state index contributed by atoms with van der Waals surface area (Å²) in [5.41, 5.74) is 0.745. The van der Waals surface area contributed by atoms with Gasteiger partial charge in [-0.3, -0.25) is 14.7 Å². The Balaban J connectivity index is 1.56. The zero-order valence-corrected chi connectivity index (χ0v) is 17.1. The minimum atomic E-state index is -0.499. The van der Waals surface area contributed by atoms with Crippen LogP contribution < -0.4 is 5.76 Å². The van der Waals surface area contributed by atoms with E-state index >= 15 is 0 Å². The predicted octanol–water partition coefficient (Wildman–Crippen LogP) is 4.43. The summed E-state index contributed by atoms with van der Waals surface area (Å²) < 4.78 is 8.49. The largest absolute Gasteiger partial charge is 0.419 e. The number of nitro groups is 1. The van der Waals surface area contributed by atoms with Gasteiger partial charge in [0.2, 0.25) is 0 Å². The zero-order chi connectivity index (χ0) is 19.2. The van der Waals surface area contributed by atoms with Crippen LogP contribution in [0.25, 0.3) is 11.1 Å². The first-order valence-corrected chi connectivity index (χ1v) is 11.2. The number of nitrogens with zero attached hydrogens (tertiary/aromatic N) is 4. The molecule has 0 spiro atoms. The lowest BCUT2D eigenvalue weighted by Gasteiger charge is -2.01. The van der Waals surface area contributed by atoms with Gasteiger partial charge in [-0.1, -0.05) is 48.2 Å². The van der Waals surface area contributed by atoms with Gasteiger partial charge in [0.05, 0.1) is 10.4 Å². The van der Waals surface area contributed by atoms with Crippen LogP contribution in [0.1, 0.15) is 26.2 Å². The Labute approximate surface area is 167 Å². The first kappa shape index (κ1) is 19.9. The van der Waals surface area contributed by atoms with Gasteiger partial charge in [-0.2, -0.15) is 0 Å². The van der Waals surface area contributed by atoms with E-state index in [1.165, 1.54) is 29.2 Å². The predicted molar refractivity (Wildman–Crippen MR) is 108 cm³/mol. The van der Waals surface area contributed by atoms with E-state index in [1.807, 2.05) is 0 Å². The van der Waals surface area contributed by atoms with Crippen molar-refractivity contribution in [2.24, 2.45) is 0 Å². The van der Waals surface area contributed by atoms with Crippen LogP contribution >= 0.6 is 34.9 Å². The highest BCUT2D eigenvalue weighted by Gasteiger charge is 2.14. The molecule has 2 aromatic heterocycles. The number of oxazole rings is 1. The Morgan fingerprint density at radius 1 is 1.22 bits per heavy atom. The lowest BCUT2D eigenvalue weighted by atomic mass is 10.3. The molecule has 11 heteroatoms. The fourth-order valence-electron chi connectivity index (χ4n) is 2.38. The lowest BCUT2D eigenvalue weighted by Crippen LogP contribution is -2.14. The number of aromatic nitrogens is 3. The molecule has 0 aliphatic rings. The number of hydrogen-bond acceptors (Lipinski definition) is 9. The van der Waals surface area contributed by atoms with Crippen molar-refractivity contribution in [3.05, 3.63) is 38.9 Å². The summed E-state index contributed by atoms with van der Waals surface area (Å²) >= 11 is 4.91. The van der Waals surface area contributed by atoms with Crippen molar-refractivity contribution >= 4 is 51.6 Å². The molecule has 27 heavy (non-hydrogen) atoms. The highest BCUT2D eigenvalue weighted by molar-refractivity contribution is 8.03. The molecule has 0 atom stereocenters. The molecule has 144 valence electrons. The average molecular weight is 427 g/mol. The molecule has 8 nitrogen and oxygen atoms in total. The van der Waals surface area contributed by atoms with Crippen LogP contribution in [0.4, 0.5) is 5.69 Å². The van der Waals surface area contributed by atoms with Gasteiger partial charge in [0, 0.05) is 30.2 Å². The molecule has 0 N–H and O–H groups in total. The monoisotopic (exact) mass is 426 g/mol. The fourth-order valence-corrected chi connectivity index (χ4v) is 5.54. The summed E-state index contributed by atoms with van der Waals surface area (Å²) in [4.78, 5) is 22.5. The topological polar surface area (TPSA) is 104 Å². The van der Waals surface area contributed by atoms with Crippen molar-refractivity contribution in [2.75, 3.05) is 11.5 Å². The second kappa shape index (κ2) is 9.38. The van der Waals surface area contributed by atoms with Crippen molar-refractivity contribution < 1.29 is 9.34 Å². The fraction of sp³-hybridized carbons (Fsp3) is 0.438. The Kier molecular flexibility index (Phi) is 6.91. The van der Waals surface area contributed by atoms with Crippen LogP contribution in [-0.2, 0) is 6.54 Å². The van der Waals surface area contributed by atoms with Gasteiger partial charge in [-0.15, -0.1) is 10.2 Å². The first-order valence-electron chi connectivity index (χ1n) is 8.45. The molecule has 0 bridgehead atoms. The van der Waals surface area contributed by atoms with Crippen LogP contribution in [-0.4, -0.2) is 31.2 Å². The number of non-ortho nitro benzene ring substituents is 1.